The number of benzene rings is 3. The largest absolute Gasteiger partial charge is 0.478 e. The Morgan fingerprint density at radius 3 is 1.74 bits per heavy atom. The topological polar surface area (TPSA) is 101 Å². The molecule has 0 aliphatic rings. The van der Waals surface area contributed by atoms with Crippen molar-refractivity contribution in [3.05, 3.63) is 83.4 Å². The number of carboxylic acid groups (broad SMARTS) is 2. The standard InChI is InChI=1S/C26H27NO4/c27-16-4-2-1-3-5-22-17-23(26(30)31)14-15-24(22)20-10-6-18(7-11-20)19-8-12-21(13-9-19)25(28)29/h6-15,17H,1-5,16,27H2,(H,28,29)(H,30,31). The van der Waals surface area contributed by atoms with Gasteiger partial charge in [0.05, 0.1) is 11.1 Å². The molecule has 0 spiro atoms. The van der Waals surface area contributed by atoms with E-state index in [2.05, 4.69) is 0 Å². The van der Waals surface area contributed by atoms with E-state index in [1.165, 1.54) is 0 Å². The second-order valence-electron chi connectivity index (χ2n) is 7.59. The molecule has 5 heteroatoms. The van der Waals surface area contributed by atoms with Crippen LogP contribution in [0.25, 0.3) is 22.3 Å². The van der Waals surface area contributed by atoms with Crippen LogP contribution in [0.2, 0.25) is 0 Å². The maximum atomic E-state index is 11.4. The first-order valence-corrected chi connectivity index (χ1v) is 10.5. The zero-order chi connectivity index (χ0) is 22.2. The monoisotopic (exact) mass is 417 g/mol. The molecule has 4 N–H and O–H groups in total. The number of carboxylic acids is 2. The lowest BCUT2D eigenvalue weighted by molar-refractivity contribution is 0.0686. The Balaban J connectivity index is 1.83. The molecular formula is C26H27NO4. The lowest BCUT2D eigenvalue weighted by Crippen LogP contribution is -2.00. The fraction of sp³-hybridized carbons (Fsp3) is 0.231. The second kappa shape index (κ2) is 10.5. The minimum absolute atomic E-state index is 0.259. The molecule has 0 fully saturated rings. The van der Waals surface area contributed by atoms with Crippen molar-refractivity contribution in [1.29, 1.82) is 0 Å². The van der Waals surface area contributed by atoms with Gasteiger partial charge in [0.25, 0.3) is 0 Å². The number of carbonyl (C=O) groups is 2. The Hall–Kier alpha value is -3.44. The minimum Gasteiger partial charge on any atom is -0.478 e. The van der Waals surface area contributed by atoms with E-state index in [9.17, 15) is 14.7 Å². The van der Waals surface area contributed by atoms with Crippen LogP contribution in [0, 0.1) is 0 Å². The van der Waals surface area contributed by atoms with Crippen molar-refractivity contribution in [1.82, 2.24) is 0 Å². The summed E-state index contributed by atoms with van der Waals surface area (Å²) in [4.78, 5) is 22.5. The van der Waals surface area contributed by atoms with Crippen molar-refractivity contribution < 1.29 is 19.8 Å². The molecule has 0 heterocycles. The summed E-state index contributed by atoms with van der Waals surface area (Å²) in [6.07, 6.45) is 4.97. The smallest absolute Gasteiger partial charge is 0.335 e. The van der Waals surface area contributed by atoms with Crippen molar-refractivity contribution in [2.75, 3.05) is 6.54 Å². The Morgan fingerprint density at radius 2 is 1.16 bits per heavy atom. The number of nitrogens with two attached hydrogens (primary N) is 1. The van der Waals surface area contributed by atoms with Gasteiger partial charge in [-0.3, -0.25) is 0 Å². The van der Waals surface area contributed by atoms with E-state index in [-0.39, 0.29) is 5.56 Å². The van der Waals surface area contributed by atoms with Crippen molar-refractivity contribution in [3.63, 3.8) is 0 Å². The van der Waals surface area contributed by atoms with Gasteiger partial charge in [-0.05, 0) is 77.9 Å². The number of aryl methyl sites for hydroxylation is 1. The summed E-state index contributed by atoms with van der Waals surface area (Å²) in [5.74, 6) is -1.86. The molecule has 0 aliphatic heterocycles. The highest BCUT2D eigenvalue weighted by Gasteiger charge is 2.11. The SMILES string of the molecule is NCCCCCCc1cc(C(=O)O)ccc1-c1ccc(-c2ccc(C(=O)O)cc2)cc1. The molecule has 0 bridgehead atoms. The van der Waals surface area contributed by atoms with Crippen LogP contribution in [0.5, 0.6) is 0 Å². The number of aromatic carboxylic acids is 2. The molecule has 31 heavy (non-hydrogen) atoms. The molecule has 0 atom stereocenters. The van der Waals surface area contributed by atoms with Gasteiger partial charge in [0.2, 0.25) is 0 Å². The van der Waals surface area contributed by atoms with E-state index < -0.39 is 11.9 Å². The molecular weight excluding hydrogens is 390 g/mol. The molecule has 0 aromatic heterocycles. The predicted octanol–water partition coefficient (Wildman–Crippen LogP) is 5.48. The molecule has 3 aromatic rings. The number of hydrogen-bond donors (Lipinski definition) is 3. The highest BCUT2D eigenvalue weighted by Crippen LogP contribution is 2.29. The van der Waals surface area contributed by atoms with Crippen LogP contribution in [0.3, 0.4) is 0 Å². The summed E-state index contributed by atoms with van der Waals surface area (Å²) < 4.78 is 0. The van der Waals surface area contributed by atoms with Crippen molar-refractivity contribution in [3.8, 4) is 22.3 Å². The van der Waals surface area contributed by atoms with E-state index in [0.717, 1.165) is 59.9 Å². The normalized spacial score (nSPS) is 10.7. The Morgan fingerprint density at radius 1 is 0.645 bits per heavy atom. The molecule has 5 nitrogen and oxygen atoms in total. The van der Waals surface area contributed by atoms with E-state index >= 15 is 0 Å². The van der Waals surface area contributed by atoms with Crippen LogP contribution >= 0.6 is 0 Å². The van der Waals surface area contributed by atoms with Gasteiger partial charge in [-0.25, -0.2) is 9.59 Å². The summed E-state index contributed by atoms with van der Waals surface area (Å²) in [6, 6.07) is 20.1. The number of unbranched alkanes of at least 4 members (excludes halogenated alkanes) is 3. The van der Waals surface area contributed by atoms with Gasteiger partial charge in [0.1, 0.15) is 0 Å². The fourth-order valence-corrected chi connectivity index (χ4v) is 3.68. The molecule has 0 aliphatic carbocycles. The predicted molar refractivity (Wildman–Crippen MR) is 122 cm³/mol. The maximum absolute atomic E-state index is 11.4. The Kier molecular flexibility index (Phi) is 7.57. The molecule has 0 unspecified atom stereocenters. The Labute approximate surface area is 182 Å². The maximum Gasteiger partial charge on any atom is 0.335 e. The zero-order valence-corrected chi connectivity index (χ0v) is 17.4. The van der Waals surface area contributed by atoms with Crippen LogP contribution in [0.1, 0.15) is 52.0 Å². The third-order valence-corrected chi connectivity index (χ3v) is 5.41. The first kappa shape index (κ1) is 22.2. The second-order valence-corrected chi connectivity index (χ2v) is 7.59. The third kappa shape index (κ3) is 5.80. The molecule has 0 saturated carbocycles. The van der Waals surface area contributed by atoms with Crippen LogP contribution in [0.15, 0.2) is 66.7 Å². The van der Waals surface area contributed by atoms with Crippen molar-refractivity contribution in [2.45, 2.75) is 32.1 Å². The molecule has 0 amide bonds. The average molecular weight is 418 g/mol. The van der Waals surface area contributed by atoms with Gasteiger partial charge >= 0.3 is 11.9 Å². The highest BCUT2D eigenvalue weighted by atomic mass is 16.4. The zero-order valence-electron chi connectivity index (χ0n) is 17.4. The fourth-order valence-electron chi connectivity index (χ4n) is 3.68. The van der Waals surface area contributed by atoms with Gasteiger partial charge in [-0.1, -0.05) is 55.3 Å². The van der Waals surface area contributed by atoms with Gasteiger partial charge in [0, 0.05) is 0 Å². The number of rotatable bonds is 10. The van der Waals surface area contributed by atoms with Gasteiger partial charge in [-0.15, -0.1) is 0 Å². The third-order valence-electron chi connectivity index (χ3n) is 5.41. The lowest BCUT2D eigenvalue weighted by atomic mass is 9.92. The quantitative estimate of drug-likeness (QED) is 0.379. The number of hydrogen-bond acceptors (Lipinski definition) is 3. The molecule has 0 radical (unpaired) electrons. The lowest BCUT2D eigenvalue weighted by Gasteiger charge is -2.12. The summed E-state index contributed by atoms with van der Waals surface area (Å²) in [5, 5.41) is 18.4. The first-order valence-electron chi connectivity index (χ1n) is 10.5. The van der Waals surface area contributed by atoms with E-state index in [0.29, 0.717) is 12.1 Å². The molecule has 0 saturated heterocycles. The first-order chi connectivity index (χ1) is 15.0. The Bertz CT molecular complexity index is 1040. The van der Waals surface area contributed by atoms with Gasteiger partial charge in [0.15, 0.2) is 0 Å². The van der Waals surface area contributed by atoms with Crippen LogP contribution in [0.4, 0.5) is 0 Å². The summed E-state index contributed by atoms with van der Waals surface area (Å²) in [6.45, 7) is 0.700. The van der Waals surface area contributed by atoms with E-state index in [1.54, 1.807) is 36.4 Å². The van der Waals surface area contributed by atoms with Crippen LogP contribution in [-0.4, -0.2) is 28.7 Å². The molecule has 3 aromatic carbocycles. The van der Waals surface area contributed by atoms with E-state index in [4.69, 9.17) is 10.8 Å². The summed E-state index contributed by atoms with van der Waals surface area (Å²) >= 11 is 0. The highest BCUT2D eigenvalue weighted by molar-refractivity contribution is 5.89. The van der Waals surface area contributed by atoms with Gasteiger partial charge in [-0.2, -0.15) is 0 Å². The minimum atomic E-state index is -0.942. The van der Waals surface area contributed by atoms with Crippen molar-refractivity contribution in [2.24, 2.45) is 5.73 Å². The van der Waals surface area contributed by atoms with Crippen LogP contribution in [-0.2, 0) is 6.42 Å². The van der Waals surface area contributed by atoms with E-state index in [1.807, 2.05) is 30.3 Å². The summed E-state index contributed by atoms with van der Waals surface area (Å²) in [5.41, 5.74) is 11.2. The molecule has 3 rings (SSSR count). The molecule has 160 valence electrons. The van der Waals surface area contributed by atoms with Gasteiger partial charge < -0.3 is 15.9 Å². The van der Waals surface area contributed by atoms with Crippen LogP contribution < -0.4 is 5.73 Å². The summed E-state index contributed by atoms with van der Waals surface area (Å²) in [7, 11) is 0. The van der Waals surface area contributed by atoms with Crippen molar-refractivity contribution >= 4 is 11.9 Å². The average Bonchev–Trinajstić information content (AvgIpc) is 2.79.